The van der Waals surface area contributed by atoms with Crippen molar-refractivity contribution in [2.24, 2.45) is 0 Å². The Morgan fingerprint density at radius 3 is 2.53 bits per heavy atom. The molecule has 4 rings (SSSR count). The highest BCUT2D eigenvalue weighted by molar-refractivity contribution is 5.96. The number of pyridine rings is 2. The first-order valence-electron chi connectivity index (χ1n) is 10.8. The van der Waals surface area contributed by atoms with Crippen LogP contribution in [-0.4, -0.2) is 66.4 Å². The van der Waals surface area contributed by atoms with Gasteiger partial charge in [0.2, 0.25) is 0 Å². The highest BCUT2D eigenvalue weighted by atomic mass is 19.1. The van der Waals surface area contributed by atoms with Crippen molar-refractivity contribution in [3.8, 4) is 34.3 Å². The van der Waals surface area contributed by atoms with Crippen LogP contribution >= 0.6 is 0 Å². The summed E-state index contributed by atoms with van der Waals surface area (Å²) in [5.41, 5.74) is 3.38. The third-order valence-electron chi connectivity index (χ3n) is 5.80. The fraction of sp³-hybridized carbons (Fsp3) is 0.280. The zero-order valence-corrected chi connectivity index (χ0v) is 19.8. The Bertz CT molecular complexity index is 1370. The molecule has 174 valence electrons. The molecule has 0 saturated carbocycles. The molecule has 0 amide bonds. The number of aromatic amines is 1. The Labute approximate surface area is 197 Å². The van der Waals surface area contributed by atoms with Gasteiger partial charge in [-0.05, 0) is 50.8 Å². The average Bonchev–Trinajstić information content (AvgIpc) is 3.26. The predicted octanol–water partition coefficient (Wildman–Crippen LogP) is 4.01. The quantitative estimate of drug-likeness (QED) is 0.446. The van der Waals surface area contributed by atoms with Crippen molar-refractivity contribution < 1.29 is 9.13 Å². The summed E-state index contributed by atoms with van der Waals surface area (Å²) in [6, 6.07) is 10.6. The lowest BCUT2D eigenvalue weighted by atomic mass is 9.98. The number of fused-ring (bicyclic) bond motifs is 1. The summed E-state index contributed by atoms with van der Waals surface area (Å²) in [7, 11) is 7.54. The molecule has 0 bridgehead atoms. The highest BCUT2D eigenvalue weighted by Gasteiger charge is 2.21. The third kappa shape index (κ3) is 4.28. The van der Waals surface area contributed by atoms with Gasteiger partial charge in [0.05, 0.1) is 23.8 Å². The fourth-order valence-corrected chi connectivity index (χ4v) is 3.81. The van der Waals surface area contributed by atoms with Crippen LogP contribution in [0.25, 0.3) is 33.5 Å². The number of hydrogen-bond donors (Lipinski definition) is 1. The fourth-order valence-electron chi connectivity index (χ4n) is 3.81. The Morgan fingerprint density at radius 1 is 1.12 bits per heavy atom. The summed E-state index contributed by atoms with van der Waals surface area (Å²) in [5.74, 6) is 0.736. The van der Waals surface area contributed by atoms with Crippen LogP contribution in [0.15, 0.2) is 36.5 Å². The molecule has 0 aliphatic heterocycles. The molecule has 1 aromatic carbocycles. The van der Waals surface area contributed by atoms with E-state index < -0.39 is 5.82 Å². The first-order chi connectivity index (χ1) is 16.3. The van der Waals surface area contributed by atoms with E-state index in [9.17, 15) is 9.65 Å². The van der Waals surface area contributed by atoms with Gasteiger partial charge in [0, 0.05) is 43.5 Å². The van der Waals surface area contributed by atoms with Crippen LogP contribution in [0.2, 0.25) is 0 Å². The van der Waals surface area contributed by atoms with E-state index >= 15 is 0 Å². The van der Waals surface area contributed by atoms with Gasteiger partial charge in [-0.2, -0.15) is 10.4 Å². The molecule has 0 atom stereocenters. The van der Waals surface area contributed by atoms with Gasteiger partial charge in [0.1, 0.15) is 29.1 Å². The topological polar surface area (TPSA) is 94.0 Å². The Hall–Kier alpha value is -4.03. The van der Waals surface area contributed by atoms with Gasteiger partial charge < -0.3 is 14.5 Å². The molecule has 0 unspecified atom stereocenters. The number of ether oxygens (including phenoxy) is 1. The normalized spacial score (nSPS) is 11.1. The van der Waals surface area contributed by atoms with Crippen LogP contribution in [-0.2, 0) is 0 Å². The van der Waals surface area contributed by atoms with E-state index in [1.807, 2.05) is 40.2 Å². The lowest BCUT2D eigenvalue weighted by Crippen LogP contribution is -2.28. The second-order valence-electron chi connectivity index (χ2n) is 8.34. The molecule has 0 aliphatic rings. The van der Waals surface area contributed by atoms with Crippen LogP contribution in [0.5, 0.6) is 5.75 Å². The van der Waals surface area contributed by atoms with E-state index in [1.54, 1.807) is 18.3 Å². The van der Waals surface area contributed by atoms with Crippen LogP contribution in [0.1, 0.15) is 11.1 Å². The number of nitrogens with one attached hydrogen (secondary N) is 1. The maximum Gasteiger partial charge on any atom is 0.156 e. The minimum Gasteiger partial charge on any atom is -0.497 e. The van der Waals surface area contributed by atoms with E-state index in [1.165, 1.54) is 13.2 Å². The van der Waals surface area contributed by atoms with Crippen LogP contribution < -0.4 is 9.64 Å². The van der Waals surface area contributed by atoms with Gasteiger partial charge in [-0.3, -0.25) is 5.10 Å². The largest absolute Gasteiger partial charge is 0.497 e. The van der Waals surface area contributed by atoms with Crippen molar-refractivity contribution >= 4 is 16.9 Å². The maximum absolute atomic E-state index is 14.8. The summed E-state index contributed by atoms with van der Waals surface area (Å²) in [5, 5.41) is 18.0. The molecule has 0 fully saturated rings. The molecular formula is C25H26FN7O. The number of halogens is 1. The summed E-state index contributed by atoms with van der Waals surface area (Å²) in [6.45, 7) is 3.59. The summed E-state index contributed by atoms with van der Waals surface area (Å²) in [4.78, 5) is 13.4. The van der Waals surface area contributed by atoms with Crippen molar-refractivity contribution in [3.05, 3.63) is 53.5 Å². The van der Waals surface area contributed by atoms with Crippen molar-refractivity contribution in [1.82, 2.24) is 25.1 Å². The Morgan fingerprint density at radius 2 is 1.91 bits per heavy atom. The SMILES string of the molecule is COc1ccc(-c2nc3[nH]nc(-c4ccc(N(C)CCN(C)C)nc4)c3c(C)c2C#N)c(F)c1. The number of nitriles is 1. The summed E-state index contributed by atoms with van der Waals surface area (Å²) < 4.78 is 19.9. The van der Waals surface area contributed by atoms with Crippen LogP contribution in [0.4, 0.5) is 10.2 Å². The maximum atomic E-state index is 14.8. The van der Waals surface area contributed by atoms with Gasteiger partial charge in [0.25, 0.3) is 0 Å². The zero-order chi connectivity index (χ0) is 24.4. The van der Waals surface area contributed by atoms with E-state index in [-0.39, 0.29) is 11.3 Å². The smallest absolute Gasteiger partial charge is 0.156 e. The number of aryl methyl sites for hydroxylation is 1. The molecule has 0 spiro atoms. The average molecular weight is 460 g/mol. The van der Waals surface area contributed by atoms with Crippen molar-refractivity contribution in [3.63, 3.8) is 0 Å². The van der Waals surface area contributed by atoms with Gasteiger partial charge >= 0.3 is 0 Å². The van der Waals surface area contributed by atoms with Crippen LogP contribution in [0, 0.1) is 24.1 Å². The number of benzene rings is 1. The zero-order valence-electron chi connectivity index (χ0n) is 19.8. The minimum absolute atomic E-state index is 0.227. The van der Waals surface area contributed by atoms with Gasteiger partial charge in [-0.15, -0.1) is 0 Å². The van der Waals surface area contributed by atoms with E-state index in [2.05, 4.69) is 36.0 Å². The lowest BCUT2D eigenvalue weighted by molar-refractivity contribution is 0.411. The minimum atomic E-state index is -0.514. The second kappa shape index (κ2) is 9.45. The van der Waals surface area contributed by atoms with Crippen LogP contribution in [0.3, 0.4) is 0 Å². The first-order valence-corrected chi connectivity index (χ1v) is 10.8. The molecule has 0 radical (unpaired) electrons. The molecule has 0 aliphatic carbocycles. The Kier molecular flexibility index (Phi) is 6.43. The molecule has 8 nitrogen and oxygen atoms in total. The number of H-pyrrole nitrogens is 1. The summed E-state index contributed by atoms with van der Waals surface area (Å²) >= 11 is 0. The van der Waals surface area contributed by atoms with Gasteiger partial charge in [-0.1, -0.05) is 0 Å². The Balaban J connectivity index is 1.75. The van der Waals surface area contributed by atoms with Crippen molar-refractivity contribution in [2.75, 3.05) is 46.2 Å². The van der Waals surface area contributed by atoms with Gasteiger partial charge in [-0.25, -0.2) is 14.4 Å². The number of likely N-dealkylation sites (N-methyl/N-ethyl adjacent to an activating group) is 2. The highest BCUT2D eigenvalue weighted by Crippen LogP contribution is 2.35. The number of hydrogen-bond acceptors (Lipinski definition) is 7. The molecule has 4 aromatic rings. The third-order valence-corrected chi connectivity index (χ3v) is 5.80. The second-order valence-corrected chi connectivity index (χ2v) is 8.34. The predicted molar refractivity (Wildman–Crippen MR) is 130 cm³/mol. The van der Waals surface area contributed by atoms with E-state index in [0.717, 1.165) is 24.5 Å². The summed E-state index contributed by atoms with van der Waals surface area (Å²) in [6.07, 6.45) is 1.76. The molecule has 3 aromatic heterocycles. The van der Waals surface area contributed by atoms with Gasteiger partial charge in [0.15, 0.2) is 5.65 Å². The molecule has 3 heterocycles. The number of rotatable bonds is 7. The number of nitrogens with zero attached hydrogens (tertiary/aromatic N) is 6. The molecule has 34 heavy (non-hydrogen) atoms. The van der Waals surface area contributed by atoms with E-state index in [4.69, 9.17) is 4.74 Å². The number of anilines is 1. The number of aromatic nitrogens is 4. The molecular weight excluding hydrogens is 433 g/mol. The van der Waals surface area contributed by atoms with E-state index in [0.29, 0.717) is 33.6 Å². The number of methoxy groups -OCH3 is 1. The van der Waals surface area contributed by atoms with Crippen molar-refractivity contribution in [1.29, 1.82) is 5.26 Å². The monoisotopic (exact) mass is 459 g/mol. The standard InChI is InChI=1S/C25H26FN7O/c1-15-19(13-27)24(18-8-7-17(34-5)12-20(18)26)29-25-22(15)23(30-31-25)16-6-9-21(28-14-16)33(4)11-10-32(2)3/h6-9,12,14H,10-11H2,1-5H3,(H,29,30,31). The molecule has 0 saturated heterocycles. The molecule has 9 heteroatoms. The first kappa shape index (κ1) is 23.1. The lowest BCUT2D eigenvalue weighted by Gasteiger charge is -2.20. The molecule has 1 N–H and O–H groups in total. The van der Waals surface area contributed by atoms with Crippen molar-refractivity contribution in [2.45, 2.75) is 6.92 Å².